The van der Waals surface area contributed by atoms with Crippen molar-refractivity contribution >= 4 is 12.0 Å². The van der Waals surface area contributed by atoms with E-state index < -0.39 is 53.3 Å². The van der Waals surface area contributed by atoms with Crippen LogP contribution in [-0.4, -0.2) is 57.2 Å². The van der Waals surface area contributed by atoms with Gasteiger partial charge in [0.1, 0.15) is 11.7 Å². The first kappa shape index (κ1) is 26.3. The second-order valence-corrected chi connectivity index (χ2v) is 8.43. The molecule has 1 N–H and O–H groups in total. The Labute approximate surface area is 195 Å². The van der Waals surface area contributed by atoms with E-state index in [1.165, 1.54) is 11.8 Å². The van der Waals surface area contributed by atoms with Crippen LogP contribution in [0, 0.1) is 0 Å². The lowest BCUT2D eigenvalue weighted by Gasteiger charge is -2.43. The minimum Gasteiger partial charge on any atom is -0.446 e. The molecular formula is C21H23F6N5O3. The van der Waals surface area contributed by atoms with Gasteiger partial charge in [0.2, 0.25) is 5.95 Å². The number of H-pyrrole nitrogens is 1. The Balaban J connectivity index is 1.63. The van der Waals surface area contributed by atoms with Crippen molar-refractivity contribution in [2.45, 2.75) is 57.7 Å². The van der Waals surface area contributed by atoms with Gasteiger partial charge in [-0.3, -0.25) is 9.69 Å². The van der Waals surface area contributed by atoms with E-state index in [9.17, 15) is 35.9 Å². The number of piperazine rings is 1. The number of aromatic nitrogens is 3. The monoisotopic (exact) mass is 507 g/mol. The number of nitrogens with one attached hydrogen (secondary N) is 1. The standard InChI is InChI=1S/C21H23F6N5O3/c1-11-9-31(18-29-7-15(8-30-18)20(22,23)24)10-12(2)32(11)19(34)35-13(3)4-14-5-16(21(25,26)27)17(33)28-6-14/h5-8,11-13H,4,9-10H2,1-3H3,(H,28,33)/t11-,12-,13-/m0/s1. The molecule has 1 saturated heterocycles. The summed E-state index contributed by atoms with van der Waals surface area (Å²) in [7, 11) is 0. The quantitative estimate of drug-likeness (QED) is 0.632. The van der Waals surface area contributed by atoms with Crippen molar-refractivity contribution in [1.82, 2.24) is 19.9 Å². The van der Waals surface area contributed by atoms with Crippen LogP contribution in [-0.2, 0) is 23.5 Å². The van der Waals surface area contributed by atoms with Gasteiger partial charge in [-0.05, 0) is 32.4 Å². The number of pyridine rings is 1. The van der Waals surface area contributed by atoms with Crippen LogP contribution in [0.4, 0.5) is 37.1 Å². The SMILES string of the molecule is C[C@@H](Cc1c[nH]c(=O)c(C(F)(F)F)c1)OC(=O)N1[C@@H](C)CN(c2ncc(C(F)(F)F)cn2)C[C@@H]1C. The van der Waals surface area contributed by atoms with Gasteiger partial charge in [-0.2, -0.15) is 26.3 Å². The highest BCUT2D eigenvalue weighted by atomic mass is 19.4. The fourth-order valence-corrected chi connectivity index (χ4v) is 3.94. The average Bonchev–Trinajstić information content (AvgIpc) is 2.73. The number of ether oxygens (including phenoxy) is 1. The van der Waals surface area contributed by atoms with Gasteiger partial charge >= 0.3 is 18.4 Å². The summed E-state index contributed by atoms with van der Waals surface area (Å²) in [4.78, 5) is 36.9. The number of alkyl halides is 6. The number of amides is 1. The minimum absolute atomic E-state index is 0.0618. The molecule has 1 aliphatic heterocycles. The molecule has 0 bridgehead atoms. The molecule has 0 radical (unpaired) electrons. The first-order chi connectivity index (χ1) is 16.2. The third-order valence-corrected chi connectivity index (χ3v) is 5.47. The van der Waals surface area contributed by atoms with Crippen LogP contribution in [0.1, 0.15) is 37.5 Å². The van der Waals surface area contributed by atoms with Gasteiger partial charge in [0.05, 0.1) is 17.6 Å². The molecule has 2 aromatic heterocycles. The van der Waals surface area contributed by atoms with Crippen molar-refractivity contribution in [2.75, 3.05) is 18.0 Å². The van der Waals surface area contributed by atoms with Crippen molar-refractivity contribution in [3.63, 3.8) is 0 Å². The molecule has 1 fully saturated rings. The number of aromatic amines is 1. The van der Waals surface area contributed by atoms with E-state index in [1.807, 2.05) is 4.98 Å². The molecule has 0 unspecified atom stereocenters. The summed E-state index contributed by atoms with van der Waals surface area (Å²) in [5, 5.41) is 0. The third kappa shape index (κ3) is 6.22. The Bertz CT molecular complexity index is 1090. The smallest absolute Gasteiger partial charge is 0.421 e. The Hall–Kier alpha value is -3.32. The predicted molar refractivity (Wildman–Crippen MR) is 112 cm³/mol. The van der Waals surface area contributed by atoms with Crippen LogP contribution < -0.4 is 10.5 Å². The van der Waals surface area contributed by atoms with E-state index in [1.54, 1.807) is 18.7 Å². The molecule has 1 amide bonds. The van der Waals surface area contributed by atoms with Crippen LogP contribution in [0.25, 0.3) is 0 Å². The number of halogens is 6. The molecule has 0 aliphatic carbocycles. The zero-order valence-electron chi connectivity index (χ0n) is 18.9. The van der Waals surface area contributed by atoms with Crippen LogP contribution >= 0.6 is 0 Å². The molecule has 8 nitrogen and oxygen atoms in total. The van der Waals surface area contributed by atoms with Gasteiger partial charge in [-0.1, -0.05) is 0 Å². The fraction of sp³-hybridized carbons (Fsp3) is 0.524. The highest BCUT2D eigenvalue weighted by Crippen LogP contribution is 2.29. The lowest BCUT2D eigenvalue weighted by molar-refractivity contribution is -0.139. The number of hydrogen-bond acceptors (Lipinski definition) is 6. The third-order valence-electron chi connectivity index (χ3n) is 5.47. The van der Waals surface area contributed by atoms with Crippen LogP contribution in [0.5, 0.6) is 0 Å². The summed E-state index contributed by atoms with van der Waals surface area (Å²) >= 11 is 0. The Kier molecular flexibility index (Phi) is 7.31. The maximum absolute atomic E-state index is 13.0. The van der Waals surface area contributed by atoms with E-state index in [4.69, 9.17) is 4.74 Å². The normalized spacial score (nSPS) is 20.0. The maximum atomic E-state index is 13.0. The van der Waals surface area contributed by atoms with Crippen molar-refractivity contribution in [1.29, 1.82) is 0 Å². The van der Waals surface area contributed by atoms with E-state index in [2.05, 4.69) is 9.97 Å². The fourth-order valence-electron chi connectivity index (χ4n) is 3.94. The zero-order valence-corrected chi connectivity index (χ0v) is 18.9. The largest absolute Gasteiger partial charge is 0.446 e. The molecule has 0 saturated carbocycles. The van der Waals surface area contributed by atoms with Gasteiger partial charge < -0.3 is 14.6 Å². The summed E-state index contributed by atoms with van der Waals surface area (Å²) in [5.41, 5.74) is -3.42. The number of rotatable bonds is 4. The molecule has 0 aromatic carbocycles. The van der Waals surface area contributed by atoms with Crippen LogP contribution in [0.2, 0.25) is 0 Å². The van der Waals surface area contributed by atoms with Crippen LogP contribution in [0.15, 0.2) is 29.5 Å². The summed E-state index contributed by atoms with van der Waals surface area (Å²) in [6.45, 7) is 5.41. The van der Waals surface area contributed by atoms with E-state index >= 15 is 0 Å². The van der Waals surface area contributed by atoms with Crippen molar-refractivity contribution in [2.24, 2.45) is 0 Å². The highest BCUT2D eigenvalue weighted by molar-refractivity contribution is 5.69. The molecule has 2 aromatic rings. The number of carbonyl (C=O) groups excluding carboxylic acids is 1. The molecule has 35 heavy (non-hydrogen) atoms. The van der Waals surface area contributed by atoms with Crippen molar-refractivity contribution in [3.05, 3.63) is 51.7 Å². The van der Waals surface area contributed by atoms with Crippen molar-refractivity contribution < 1.29 is 35.9 Å². The first-order valence-electron chi connectivity index (χ1n) is 10.6. The molecule has 192 valence electrons. The molecule has 14 heteroatoms. The zero-order chi connectivity index (χ0) is 26.1. The number of anilines is 1. The highest BCUT2D eigenvalue weighted by Gasteiger charge is 2.37. The summed E-state index contributed by atoms with van der Waals surface area (Å²) in [5.74, 6) is 0.0941. The topological polar surface area (TPSA) is 91.4 Å². The number of nitrogens with zero attached hydrogens (tertiary/aromatic N) is 4. The summed E-state index contributed by atoms with van der Waals surface area (Å²) in [6.07, 6.45) is -8.39. The number of hydrogen-bond donors (Lipinski definition) is 1. The summed E-state index contributed by atoms with van der Waals surface area (Å²) in [6, 6.07) is -0.124. The van der Waals surface area contributed by atoms with Gasteiger partial charge in [-0.15, -0.1) is 0 Å². The minimum atomic E-state index is -4.81. The predicted octanol–water partition coefficient (Wildman–Crippen LogP) is 3.87. The Morgan fingerprint density at radius 1 is 1.11 bits per heavy atom. The van der Waals surface area contributed by atoms with E-state index in [0.717, 1.165) is 12.3 Å². The van der Waals surface area contributed by atoms with Gasteiger partial charge in [0.15, 0.2) is 0 Å². The second-order valence-electron chi connectivity index (χ2n) is 8.43. The molecule has 3 heterocycles. The van der Waals surface area contributed by atoms with E-state index in [-0.39, 0.29) is 31.0 Å². The Morgan fingerprint density at radius 2 is 1.69 bits per heavy atom. The van der Waals surface area contributed by atoms with Gasteiger partial charge in [0, 0.05) is 38.1 Å². The second kappa shape index (κ2) is 9.74. The maximum Gasteiger partial charge on any atom is 0.421 e. The van der Waals surface area contributed by atoms with Gasteiger partial charge in [0.25, 0.3) is 5.56 Å². The number of carbonyl (C=O) groups is 1. The Morgan fingerprint density at radius 3 is 2.20 bits per heavy atom. The molecule has 3 atom stereocenters. The lowest BCUT2D eigenvalue weighted by atomic mass is 10.1. The van der Waals surface area contributed by atoms with Crippen LogP contribution in [0.3, 0.4) is 0 Å². The van der Waals surface area contributed by atoms with E-state index in [0.29, 0.717) is 12.4 Å². The summed E-state index contributed by atoms with van der Waals surface area (Å²) < 4.78 is 82.5. The molecule has 0 spiro atoms. The molecular weight excluding hydrogens is 484 g/mol. The lowest BCUT2D eigenvalue weighted by Crippen LogP contribution is -2.59. The average molecular weight is 507 g/mol. The van der Waals surface area contributed by atoms with Gasteiger partial charge in [-0.25, -0.2) is 14.8 Å². The first-order valence-corrected chi connectivity index (χ1v) is 10.6. The molecule has 3 rings (SSSR count). The van der Waals surface area contributed by atoms with Crippen molar-refractivity contribution in [3.8, 4) is 0 Å². The molecule has 1 aliphatic rings.